The predicted octanol–water partition coefficient (Wildman–Crippen LogP) is 2.14. The second-order valence-electron chi connectivity index (χ2n) is 4.63. The van der Waals surface area contributed by atoms with Gasteiger partial charge in [0.2, 0.25) is 0 Å². The number of benzene rings is 1. The molecule has 0 atom stereocenters. The Morgan fingerprint density at radius 3 is 2.61 bits per heavy atom. The SMILES string of the molecule is CSc1ccc(C(=O)NCC2CCNCC2)cc1. The van der Waals surface area contributed by atoms with Crippen LogP contribution in [0, 0.1) is 5.92 Å². The van der Waals surface area contributed by atoms with Crippen LogP contribution in [0.3, 0.4) is 0 Å². The Morgan fingerprint density at radius 2 is 2.00 bits per heavy atom. The van der Waals surface area contributed by atoms with Crippen LogP contribution in [-0.4, -0.2) is 31.8 Å². The molecule has 1 aromatic rings. The minimum Gasteiger partial charge on any atom is -0.352 e. The van der Waals surface area contributed by atoms with Gasteiger partial charge in [0, 0.05) is 17.0 Å². The topological polar surface area (TPSA) is 41.1 Å². The molecule has 0 aromatic heterocycles. The largest absolute Gasteiger partial charge is 0.352 e. The standard InChI is InChI=1S/C14H20N2OS/c1-18-13-4-2-12(3-5-13)14(17)16-10-11-6-8-15-9-7-11/h2-5,11,15H,6-10H2,1H3,(H,16,17). The molecule has 98 valence electrons. The normalized spacial score (nSPS) is 16.5. The van der Waals surface area contributed by atoms with Gasteiger partial charge in [-0.1, -0.05) is 0 Å². The molecule has 0 bridgehead atoms. The second kappa shape index (κ2) is 6.81. The Bertz CT molecular complexity index is 385. The van der Waals surface area contributed by atoms with E-state index in [-0.39, 0.29) is 5.91 Å². The van der Waals surface area contributed by atoms with Crippen molar-refractivity contribution in [1.82, 2.24) is 10.6 Å². The molecule has 1 aliphatic heterocycles. The summed E-state index contributed by atoms with van der Waals surface area (Å²) in [5.41, 5.74) is 0.752. The average molecular weight is 264 g/mol. The van der Waals surface area contributed by atoms with Crippen LogP contribution >= 0.6 is 11.8 Å². The fourth-order valence-electron chi connectivity index (χ4n) is 2.17. The third-order valence-corrected chi connectivity index (χ3v) is 4.11. The Morgan fingerprint density at radius 1 is 1.33 bits per heavy atom. The Hall–Kier alpha value is -1.00. The molecule has 2 N–H and O–H groups in total. The van der Waals surface area contributed by atoms with Crippen molar-refractivity contribution in [2.45, 2.75) is 17.7 Å². The highest BCUT2D eigenvalue weighted by atomic mass is 32.2. The molecule has 2 rings (SSSR count). The average Bonchev–Trinajstić information content (AvgIpc) is 2.46. The Labute approximate surface area is 113 Å². The summed E-state index contributed by atoms with van der Waals surface area (Å²) in [6.07, 6.45) is 4.35. The first-order valence-electron chi connectivity index (χ1n) is 6.42. The molecule has 3 nitrogen and oxygen atoms in total. The van der Waals surface area contributed by atoms with Crippen molar-refractivity contribution in [2.75, 3.05) is 25.9 Å². The van der Waals surface area contributed by atoms with E-state index in [1.165, 1.54) is 4.90 Å². The summed E-state index contributed by atoms with van der Waals surface area (Å²) in [5.74, 6) is 0.668. The Kier molecular flexibility index (Phi) is 5.08. The van der Waals surface area contributed by atoms with Crippen molar-refractivity contribution in [2.24, 2.45) is 5.92 Å². The summed E-state index contributed by atoms with van der Waals surface area (Å²) < 4.78 is 0. The first-order chi connectivity index (χ1) is 8.79. The zero-order chi connectivity index (χ0) is 12.8. The lowest BCUT2D eigenvalue weighted by Crippen LogP contribution is -2.35. The second-order valence-corrected chi connectivity index (χ2v) is 5.51. The number of nitrogens with one attached hydrogen (secondary N) is 2. The summed E-state index contributed by atoms with van der Waals surface area (Å²) in [5, 5.41) is 6.36. The number of thioether (sulfide) groups is 1. The van der Waals surface area contributed by atoms with Gasteiger partial charge >= 0.3 is 0 Å². The maximum absolute atomic E-state index is 12.0. The van der Waals surface area contributed by atoms with E-state index in [4.69, 9.17) is 0 Å². The zero-order valence-electron chi connectivity index (χ0n) is 10.7. The lowest BCUT2D eigenvalue weighted by Gasteiger charge is -2.22. The van der Waals surface area contributed by atoms with Crippen LogP contribution in [0.1, 0.15) is 23.2 Å². The molecule has 0 radical (unpaired) electrons. The molecule has 1 heterocycles. The number of rotatable bonds is 4. The molecule has 18 heavy (non-hydrogen) atoms. The van der Waals surface area contributed by atoms with Crippen LogP contribution < -0.4 is 10.6 Å². The van der Waals surface area contributed by atoms with Crippen LogP contribution in [0.2, 0.25) is 0 Å². The number of hydrogen-bond donors (Lipinski definition) is 2. The fourth-order valence-corrected chi connectivity index (χ4v) is 2.58. The summed E-state index contributed by atoms with van der Waals surface area (Å²) >= 11 is 1.69. The molecule has 1 aliphatic rings. The first-order valence-corrected chi connectivity index (χ1v) is 7.65. The van der Waals surface area contributed by atoms with Crippen molar-refractivity contribution in [3.63, 3.8) is 0 Å². The maximum Gasteiger partial charge on any atom is 0.251 e. The predicted molar refractivity (Wildman–Crippen MR) is 76.1 cm³/mol. The monoisotopic (exact) mass is 264 g/mol. The molecular weight excluding hydrogens is 244 g/mol. The van der Waals surface area contributed by atoms with E-state index < -0.39 is 0 Å². The van der Waals surface area contributed by atoms with Gasteiger partial charge in [0.05, 0.1) is 0 Å². The van der Waals surface area contributed by atoms with E-state index in [9.17, 15) is 4.79 Å². The molecule has 4 heteroatoms. The molecule has 1 fully saturated rings. The Balaban J connectivity index is 1.82. The molecule has 0 aliphatic carbocycles. The van der Waals surface area contributed by atoms with Crippen molar-refractivity contribution in [3.8, 4) is 0 Å². The van der Waals surface area contributed by atoms with E-state index >= 15 is 0 Å². The van der Waals surface area contributed by atoms with Crippen molar-refractivity contribution >= 4 is 17.7 Å². The van der Waals surface area contributed by atoms with Gasteiger partial charge in [-0.15, -0.1) is 11.8 Å². The fraction of sp³-hybridized carbons (Fsp3) is 0.500. The van der Waals surface area contributed by atoms with Crippen LogP contribution in [0.15, 0.2) is 29.2 Å². The van der Waals surface area contributed by atoms with E-state index in [0.717, 1.165) is 38.0 Å². The molecule has 1 aromatic carbocycles. The summed E-state index contributed by atoms with van der Waals surface area (Å²) in [6, 6.07) is 7.77. The zero-order valence-corrected chi connectivity index (χ0v) is 11.6. The maximum atomic E-state index is 12.0. The molecule has 0 spiro atoms. The van der Waals surface area contributed by atoms with Gasteiger partial charge in [0.15, 0.2) is 0 Å². The minimum atomic E-state index is 0.0428. The highest BCUT2D eigenvalue weighted by Gasteiger charge is 2.14. The van der Waals surface area contributed by atoms with Gasteiger partial charge in [-0.3, -0.25) is 4.79 Å². The van der Waals surface area contributed by atoms with Crippen molar-refractivity contribution < 1.29 is 4.79 Å². The highest BCUT2D eigenvalue weighted by molar-refractivity contribution is 7.98. The minimum absolute atomic E-state index is 0.0428. The highest BCUT2D eigenvalue weighted by Crippen LogP contribution is 2.15. The van der Waals surface area contributed by atoms with E-state index in [1.807, 2.05) is 30.5 Å². The number of amides is 1. The lowest BCUT2D eigenvalue weighted by atomic mass is 9.98. The number of piperidine rings is 1. The summed E-state index contributed by atoms with van der Waals surface area (Å²) in [7, 11) is 0. The van der Waals surface area contributed by atoms with E-state index in [0.29, 0.717) is 5.92 Å². The number of carbonyl (C=O) groups excluding carboxylic acids is 1. The quantitative estimate of drug-likeness (QED) is 0.819. The van der Waals surface area contributed by atoms with Crippen LogP contribution in [-0.2, 0) is 0 Å². The molecule has 1 amide bonds. The third-order valence-electron chi connectivity index (χ3n) is 3.36. The molecule has 0 saturated carbocycles. The van der Waals surface area contributed by atoms with Gasteiger partial charge in [0.1, 0.15) is 0 Å². The van der Waals surface area contributed by atoms with Gasteiger partial charge < -0.3 is 10.6 Å². The van der Waals surface area contributed by atoms with E-state index in [1.54, 1.807) is 11.8 Å². The van der Waals surface area contributed by atoms with Gasteiger partial charge in [0.25, 0.3) is 5.91 Å². The van der Waals surface area contributed by atoms with Crippen LogP contribution in [0.25, 0.3) is 0 Å². The lowest BCUT2D eigenvalue weighted by molar-refractivity contribution is 0.0944. The summed E-state index contributed by atoms with van der Waals surface area (Å²) in [4.78, 5) is 13.1. The summed E-state index contributed by atoms with van der Waals surface area (Å²) in [6.45, 7) is 2.94. The molecule has 1 saturated heterocycles. The van der Waals surface area contributed by atoms with Crippen molar-refractivity contribution in [1.29, 1.82) is 0 Å². The van der Waals surface area contributed by atoms with Crippen LogP contribution in [0.4, 0.5) is 0 Å². The van der Waals surface area contributed by atoms with Gasteiger partial charge in [-0.05, 0) is 62.4 Å². The third kappa shape index (κ3) is 3.75. The van der Waals surface area contributed by atoms with Gasteiger partial charge in [-0.2, -0.15) is 0 Å². The number of hydrogen-bond acceptors (Lipinski definition) is 3. The van der Waals surface area contributed by atoms with Gasteiger partial charge in [-0.25, -0.2) is 0 Å². The van der Waals surface area contributed by atoms with Crippen LogP contribution in [0.5, 0.6) is 0 Å². The van der Waals surface area contributed by atoms with E-state index in [2.05, 4.69) is 10.6 Å². The smallest absolute Gasteiger partial charge is 0.251 e. The molecular formula is C14H20N2OS. The van der Waals surface area contributed by atoms with Crippen molar-refractivity contribution in [3.05, 3.63) is 29.8 Å². The first kappa shape index (κ1) is 13.4. The molecule has 0 unspecified atom stereocenters. The number of carbonyl (C=O) groups is 1.